The third-order valence-corrected chi connectivity index (χ3v) is 5.26. The summed E-state index contributed by atoms with van der Waals surface area (Å²) in [6.07, 6.45) is 4.94. The molecule has 1 aromatic heterocycles. The van der Waals surface area contributed by atoms with Crippen LogP contribution in [-0.4, -0.2) is 28.8 Å². The minimum Gasteiger partial charge on any atom is -0.315 e. The number of rotatable bonds is 3. The number of carbonyl (C=O) groups excluding carboxylic acids is 1. The van der Waals surface area contributed by atoms with Crippen LogP contribution in [0.3, 0.4) is 0 Å². The lowest BCUT2D eigenvalue weighted by atomic mass is 9.82. The van der Waals surface area contributed by atoms with Gasteiger partial charge in [0.25, 0.3) is 0 Å². The maximum atomic E-state index is 12.7. The van der Waals surface area contributed by atoms with E-state index in [1.807, 2.05) is 36.5 Å². The van der Waals surface area contributed by atoms with E-state index < -0.39 is 0 Å². The highest BCUT2D eigenvalue weighted by molar-refractivity contribution is 6.30. The van der Waals surface area contributed by atoms with E-state index in [2.05, 4.69) is 15.7 Å². The highest BCUT2D eigenvalue weighted by Gasteiger charge is 2.47. The predicted molar refractivity (Wildman–Crippen MR) is 89.8 cm³/mol. The molecule has 23 heavy (non-hydrogen) atoms. The molecule has 1 amide bonds. The zero-order valence-corrected chi connectivity index (χ0v) is 13.5. The van der Waals surface area contributed by atoms with Crippen LogP contribution < -0.4 is 10.6 Å². The first-order valence-corrected chi connectivity index (χ1v) is 8.36. The molecule has 1 aliphatic heterocycles. The summed E-state index contributed by atoms with van der Waals surface area (Å²) in [5.74, 6) is 1.32. The number of nitrogens with one attached hydrogen (secondary N) is 2. The lowest BCUT2D eigenvalue weighted by molar-refractivity contribution is -0.125. The van der Waals surface area contributed by atoms with E-state index in [-0.39, 0.29) is 11.3 Å². The van der Waals surface area contributed by atoms with E-state index in [1.54, 1.807) is 4.68 Å². The van der Waals surface area contributed by atoms with Gasteiger partial charge in [0.05, 0.1) is 11.1 Å². The number of fused-ring (bicyclic) bond motifs is 2. The Morgan fingerprint density at radius 2 is 2.17 bits per heavy atom. The van der Waals surface area contributed by atoms with Crippen molar-refractivity contribution >= 4 is 23.3 Å². The van der Waals surface area contributed by atoms with Crippen molar-refractivity contribution in [2.24, 2.45) is 11.3 Å². The van der Waals surface area contributed by atoms with Crippen molar-refractivity contribution < 1.29 is 4.79 Å². The van der Waals surface area contributed by atoms with E-state index >= 15 is 0 Å². The number of hydrogen-bond donors (Lipinski definition) is 2. The van der Waals surface area contributed by atoms with Crippen molar-refractivity contribution in [3.05, 3.63) is 41.6 Å². The fourth-order valence-electron chi connectivity index (χ4n) is 3.75. The van der Waals surface area contributed by atoms with Crippen LogP contribution in [0.1, 0.15) is 19.3 Å². The molecule has 2 bridgehead atoms. The van der Waals surface area contributed by atoms with Crippen molar-refractivity contribution in [2.75, 3.05) is 18.4 Å². The molecule has 2 atom stereocenters. The molecule has 0 radical (unpaired) electrons. The normalized spacial score (nSPS) is 26.2. The quantitative estimate of drug-likeness (QED) is 0.909. The van der Waals surface area contributed by atoms with Gasteiger partial charge in [-0.15, -0.1) is 0 Å². The molecule has 1 aromatic carbocycles. The SMILES string of the molecule is O=C(Nc1ccn(-c2ccc(Cl)cc2)n1)C12CCC(CNC1)C2. The van der Waals surface area contributed by atoms with Crippen LogP contribution >= 0.6 is 11.6 Å². The summed E-state index contributed by atoms with van der Waals surface area (Å²) in [5, 5.41) is 11.5. The van der Waals surface area contributed by atoms with Crippen molar-refractivity contribution in [2.45, 2.75) is 19.3 Å². The molecule has 2 heterocycles. The van der Waals surface area contributed by atoms with Crippen LogP contribution in [0.2, 0.25) is 5.02 Å². The van der Waals surface area contributed by atoms with E-state index in [0.717, 1.165) is 38.0 Å². The summed E-state index contributed by atoms with van der Waals surface area (Å²) < 4.78 is 1.74. The molecule has 2 aromatic rings. The van der Waals surface area contributed by atoms with Gasteiger partial charge in [0.2, 0.25) is 5.91 Å². The predicted octanol–water partition coefficient (Wildman–Crippen LogP) is 2.85. The van der Waals surface area contributed by atoms with Gasteiger partial charge in [-0.1, -0.05) is 11.6 Å². The lowest BCUT2D eigenvalue weighted by Crippen LogP contribution is -2.46. The number of aromatic nitrogens is 2. The summed E-state index contributed by atoms with van der Waals surface area (Å²) in [7, 11) is 0. The first kappa shape index (κ1) is 14.7. The molecule has 1 saturated heterocycles. The molecule has 2 N–H and O–H groups in total. The fourth-order valence-corrected chi connectivity index (χ4v) is 3.88. The number of amides is 1. The zero-order chi connectivity index (χ0) is 15.9. The summed E-state index contributed by atoms with van der Waals surface area (Å²) >= 11 is 5.90. The number of benzene rings is 1. The van der Waals surface area contributed by atoms with Gasteiger partial charge in [0.15, 0.2) is 5.82 Å². The highest BCUT2D eigenvalue weighted by atomic mass is 35.5. The van der Waals surface area contributed by atoms with Crippen molar-refractivity contribution in [3.8, 4) is 5.69 Å². The molecule has 0 spiro atoms. The maximum Gasteiger partial charge on any atom is 0.233 e. The Morgan fingerprint density at radius 1 is 1.35 bits per heavy atom. The van der Waals surface area contributed by atoms with Crippen molar-refractivity contribution in [1.29, 1.82) is 0 Å². The second-order valence-corrected chi connectivity index (χ2v) is 7.03. The molecule has 1 aliphatic carbocycles. The Bertz CT molecular complexity index is 722. The Hall–Kier alpha value is -1.85. The van der Waals surface area contributed by atoms with E-state index in [0.29, 0.717) is 16.8 Å². The first-order chi connectivity index (χ1) is 11.1. The average Bonchev–Trinajstić information content (AvgIpc) is 3.13. The van der Waals surface area contributed by atoms with Crippen LogP contribution in [0.5, 0.6) is 0 Å². The maximum absolute atomic E-state index is 12.7. The van der Waals surface area contributed by atoms with E-state index in [1.165, 1.54) is 0 Å². The molecule has 120 valence electrons. The summed E-state index contributed by atoms with van der Waals surface area (Å²) in [5.41, 5.74) is 0.654. The molecule has 2 unspecified atom stereocenters. The first-order valence-electron chi connectivity index (χ1n) is 7.98. The second kappa shape index (κ2) is 5.65. The van der Waals surface area contributed by atoms with Crippen LogP contribution in [0.25, 0.3) is 5.69 Å². The minimum absolute atomic E-state index is 0.0913. The van der Waals surface area contributed by atoms with Crippen LogP contribution in [-0.2, 0) is 4.79 Å². The van der Waals surface area contributed by atoms with Gasteiger partial charge in [-0.25, -0.2) is 4.68 Å². The largest absolute Gasteiger partial charge is 0.315 e. The molecular formula is C17H19ClN4O. The van der Waals surface area contributed by atoms with Gasteiger partial charge in [0, 0.05) is 23.8 Å². The lowest BCUT2D eigenvalue weighted by Gasteiger charge is -2.31. The number of halogens is 1. The van der Waals surface area contributed by atoms with Gasteiger partial charge >= 0.3 is 0 Å². The third kappa shape index (κ3) is 2.75. The Balaban J connectivity index is 1.49. The van der Waals surface area contributed by atoms with Gasteiger partial charge in [0.1, 0.15) is 0 Å². The third-order valence-electron chi connectivity index (χ3n) is 5.01. The van der Waals surface area contributed by atoms with Gasteiger partial charge in [-0.2, -0.15) is 5.10 Å². The number of anilines is 1. The van der Waals surface area contributed by atoms with Crippen LogP contribution in [0.4, 0.5) is 5.82 Å². The monoisotopic (exact) mass is 330 g/mol. The molecule has 1 saturated carbocycles. The van der Waals surface area contributed by atoms with E-state index in [9.17, 15) is 4.79 Å². The van der Waals surface area contributed by atoms with Gasteiger partial charge < -0.3 is 10.6 Å². The summed E-state index contributed by atoms with van der Waals surface area (Å²) in [4.78, 5) is 12.7. The molecule has 2 aliphatic rings. The number of piperidine rings is 1. The molecule has 5 nitrogen and oxygen atoms in total. The average molecular weight is 331 g/mol. The van der Waals surface area contributed by atoms with Crippen LogP contribution in [0.15, 0.2) is 36.5 Å². The van der Waals surface area contributed by atoms with Crippen molar-refractivity contribution in [3.63, 3.8) is 0 Å². The number of nitrogens with zero attached hydrogens (tertiary/aromatic N) is 2. The smallest absolute Gasteiger partial charge is 0.233 e. The minimum atomic E-state index is -0.257. The Labute approximate surface area is 140 Å². The summed E-state index contributed by atoms with van der Waals surface area (Å²) in [6.45, 7) is 1.81. The molecule has 2 fully saturated rings. The standard InChI is InChI=1S/C17H19ClN4O/c18-13-1-3-14(4-2-13)22-8-6-15(21-22)20-16(23)17-7-5-12(9-17)10-19-11-17/h1-4,6,8,12,19H,5,7,9-11H2,(H,20,21,23). The zero-order valence-electron chi connectivity index (χ0n) is 12.8. The Kier molecular flexibility index (Phi) is 3.62. The van der Waals surface area contributed by atoms with Crippen LogP contribution in [0, 0.1) is 11.3 Å². The Morgan fingerprint density at radius 3 is 3.00 bits per heavy atom. The number of carbonyl (C=O) groups is 1. The molecular weight excluding hydrogens is 312 g/mol. The van der Waals surface area contributed by atoms with Crippen molar-refractivity contribution in [1.82, 2.24) is 15.1 Å². The fraction of sp³-hybridized carbons (Fsp3) is 0.412. The highest BCUT2D eigenvalue weighted by Crippen LogP contribution is 2.44. The summed E-state index contributed by atoms with van der Waals surface area (Å²) in [6, 6.07) is 9.26. The van der Waals surface area contributed by atoms with Gasteiger partial charge in [-0.3, -0.25) is 4.79 Å². The second-order valence-electron chi connectivity index (χ2n) is 6.60. The van der Waals surface area contributed by atoms with Gasteiger partial charge in [-0.05, 0) is 56.0 Å². The molecule has 4 rings (SSSR count). The molecule has 6 heteroatoms. The topological polar surface area (TPSA) is 59.0 Å². The number of hydrogen-bond acceptors (Lipinski definition) is 3. The van der Waals surface area contributed by atoms with E-state index in [4.69, 9.17) is 11.6 Å².